The van der Waals surface area contributed by atoms with Gasteiger partial charge in [-0.3, -0.25) is 14.6 Å². The number of carboxylic acids is 1. The van der Waals surface area contributed by atoms with Crippen LogP contribution in [0.4, 0.5) is 18.9 Å². The van der Waals surface area contributed by atoms with Crippen molar-refractivity contribution in [3.8, 4) is 22.7 Å². The van der Waals surface area contributed by atoms with Gasteiger partial charge in [-0.1, -0.05) is 37.3 Å². The Labute approximate surface area is 231 Å². The van der Waals surface area contributed by atoms with Gasteiger partial charge in [-0.15, -0.1) is 0 Å². The summed E-state index contributed by atoms with van der Waals surface area (Å²) in [5.74, 6) is -4.46. The molecular weight excluding hydrogens is 541 g/mol. The van der Waals surface area contributed by atoms with Crippen LogP contribution in [-0.2, 0) is 11.0 Å². The molecule has 2 atom stereocenters. The first-order valence-corrected chi connectivity index (χ1v) is 12.6. The van der Waals surface area contributed by atoms with Crippen molar-refractivity contribution in [2.45, 2.75) is 38.5 Å². The van der Waals surface area contributed by atoms with Crippen LogP contribution in [0.25, 0.3) is 22.7 Å². The lowest BCUT2D eigenvalue weighted by Gasteiger charge is -2.28. The number of carboxylic acid groups (broad SMARTS) is 1. The number of alkyl halides is 3. The maximum absolute atomic E-state index is 13.6. The van der Waals surface area contributed by atoms with E-state index in [4.69, 9.17) is 4.42 Å². The van der Waals surface area contributed by atoms with Gasteiger partial charge in [0.15, 0.2) is 5.69 Å². The average Bonchev–Trinajstić information content (AvgIpc) is 3.51. The third-order valence-electron chi connectivity index (χ3n) is 6.83. The predicted octanol–water partition coefficient (Wildman–Crippen LogP) is 6.05. The monoisotopic (exact) mass is 564 g/mol. The third-order valence-corrected chi connectivity index (χ3v) is 6.83. The Bertz CT molecular complexity index is 1630. The molecule has 2 unspecified atom stereocenters. The summed E-state index contributed by atoms with van der Waals surface area (Å²) in [6.45, 7) is 3.47. The van der Waals surface area contributed by atoms with Crippen LogP contribution >= 0.6 is 0 Å². The number of nitrogens with zero attached hydrogens (tertiary/aromatic N) is 3. The van der Waals surface area contributed by atoms with E-state index in [1.165, 1.54) is 35.4 Å². The molecule has 41 heavy (non-hydrogen) atoms. The normalized spacial score (nSPS) is 15.5. The molecule has 1 aliphatic heterocycles. The zero-order valence-electron chi connectivity index (χ0n) is 21.8. The van der Waals surface area contributed by atoms with Crippen molar-refractivity contribution >= 4 is 23.5 Å². The summed E-state index contributed by atoms with van der Waals surface area (Å²) in [5, 5.41) is 11.9. The maximum atomic E-state index is 13.6. The van der Waals surface area contributed by atoms with Crippen LogP contribution in [0.1, 0.15) is 58.5 Å². The van der Waals surface area contributed by atoms with Crippen LogP contribution in [0.2, 0.25) is 0 Å². The number of carbonyl (C=O) groups is 3. The Morgan fingerprint density at radius 2 is 1.83 bits per heavy atom. The molecule has 1 aliphatic rings. The summed E-state index contributed by atoms with van der Waals surface area (Å²) < 4.78 is 45.7. The van der Waals surface area contributed by atoms with E-state index < -0.39 is 47.5 Å². The number of carbonyl (C=O) groups excluding carboxylic acids is 2. The maximum Gasteiger partial charge on any atom is 0.452 e. The van der Waals surface area contributed by atoms with E-state index in [2.05, 4.69) is 15.3 Å². The van der Waals surface area contributed by atoms with E-state index in [0.717, 1.165) is 0 Å². The number of anilines is 1. The minimum atomic E-state index is -4.95. The second kappa shape index (κ2) is 10.5. The van der Waals surface area contributed by atoms with Crippen LogP contribution in [0, 0.1) is 0 Å². The highest BCUT2D eigenvalue weighted by Gasteiger charge is 2.42. The fourth-order valence-corrected chi connectivity index (χ4v) is 4.83. The minimum Gasteiger partial charge on any atom is -0.480 e. The van der Waals surface area contributed by atoms with Crippen LogP contribution < -0.4 is 5.32 Å². The van der Waals surface area contributed by atoms with E-state index in [1.807, 2.05) is 0 Å². The van der Waals surface area contributed by atoms with Gasteiger partial charge >= 0.3 is 12.1 Å². The summed E-state index contributed by atoms with van der Waals surface area (Å²) in [7, 11) is 0. The number of hydrogen-bond donors (Lipinski definition) is 2. The number of aliphatic carboxylic acids is 1. The molecule has 0 radical (unpaired) electrons. The second-order valence-corrected chi connectivity index (χ2v) is 9.40. The van der Waals surface area contributed by atoms with Gasteiger partial charge in [0.2, 0.25) is 11.7 Å². The average molecular weight is 565 g/mol. The lowest BCUT2D eigenvalue weighted by Crippen LogP contribution is -2.42. The highest BCUT2D eigenvalue weighted by Crippen LogP contribution is 2.38. The Morgan fingerprint density at radius 1 is 1.10 bits per heavy atom. The van der Waals surface area contributed by atoms with Gasteiger partial charge in [-0.05, 0) is 49.2 Å². The van der Waals surface area contributed by atoms with E-state index in [0.29, 0.717) is 22.4 Å². The molecule has 2 N–H and O–H groups in total. The molecule has 3 heterocycles. The summed E-state index contributed by atoms with van der Waals surface area (Å²) in [6.07, 6.45) is -3.43. The number of rotatable bonds is 7. The summed E-state index contributed by atoms with van der Waals surface area (Å²) in [5.41, 5.74) is 1.54. The molecular formula is C29H23F3N4O5. The van der Waals surface area contributed by atoms with Crippen LogP contribution in [0.5, 0.6) is 0 Å². The van der Waals surface area contributed by atoms with Crippen LogP contribution in [-0.4, -0.2) is 43.8 Å². The quantitative estimate of drug-likeness (QED) is 0.280. The van der Waals surface area contributed by atoms with Crippen molar-refractivity contribution in [2.75, 3.05) is 5.32 Å². The molecule has 9 nitrogen and oxygen atoms in total. The van der Waals surface area contributed by atoms with Crippen molar-refractivity contribution in [1.82, 2.24) is 14.9 Å². The predicted molar refractivity (Wildman–Crippen MR) is 141 cm³/mol. The molecule has 0 aliphatic carbocycles. The van der Waals surface area contributed by atoms with Gasteiger partial charge in [0, 0.05) is 16.7 Å². The standard InChI is InChI=1S/C29H23F3N4O5/c1-3-22(28(39)40)36-15(2)19-11-9-17(13-20(19)27(36)38)21-12-10-18(14-33-21)34-25(37)23-24(29(30,31)32)41-26(35-23)16-7-5-4-6-8-16/h4-15,22H,3H2,1-2H3,(H,34,37)(H,39,40). The Hall–Kier alpha value is -5.00. The Morgan fingerprint density at radius 3 is 2.44 bits per heavy atom. The lowest BCUT2D eigenvalue weighted by molar-refractivity contribution is -0.153. The zero-order valence-corrected chi connectivity index (χ0v) is 21.8. The lowest BCUT2D eigenvalue weighted by atomic mass is 10.0. The molecule has 2 aromatic carbocycles. The molecule has 0 saturated carbocycles. The molecule has 4 aromatic rings. The first kappa shape index (κ1) is 27.6. The smallest absolute Gasteiger partial charge is 0.452 e. The Kier molecular flexibility index (Phi) is 7.08. The summed E-state index contributed by atoms with van der Waals surface area (Å²) in [6, 6.07) is 14.6. The van der Waals surface area contributed by atoms with Gasteiger partial charge in [0.05, 0.1) is 23.6 Å². The largest absolute Gasteiger partial charge is 0.480 e. The number of nitrogens with one attached hydrogen (secondary N) is 1. The number of halogens is 3. The van der Waals surface area contributed by atoms with Crippen molar-refractivity contribution in [3.05, 3.63) is 89.4 Å². The van der Waals surface area contributed by atoms with Crippen LogP contribution in [0.3, 0.4) is 0 Å². The van der Waals surface area contributed by atoms with Gasteiger partial charge in [0.1, 0.15) is 6.04 Å². The van der Waals surface area contributed by atoms with Gasteiger partial charge in [-0.2, -0.15) is 13.2 Å². The van der Waals surface area contributed by atoms with Gasteiger partial charge < -0.3 is 19.7 Å². The summed E-state index contributed by atoms with van der Waals surface area (Å²) in [4.78, 5) is 47.0. The fraction of sp³-hybridized carbons (Fsp3) is 0.207. The minimum absolute atomic E-state index is 0.111. The van der Waals surface area contributed by atoms with Crippen molar-refractivity contribution in [1.29, 1.82) is 0 Å². The number of pyridine rings is 1. The van der Waals surface area contributed by atoms with Gasteiger partial charge in [-0.25, -0.2) is 9.78 Å². The van der Waals surface area contributed by atoms with Crippen molar-refractivity contribution < 1.29 is 37.1 Å². The van der Waals surface area contributed by atoms with E-state index in [9.17, 15) is 32.7 Å². The fourth-order valence-electron chi connectivity index (χ4n) is 4.83. The number of fused-ring (bicyclic) bond motifs is 1. The Balaban J connectivity index is 1.37. The molecule has 2 amide bonds. The van der Waals surface area contributed by atoms with Crippen molar-refractivity contribution in [3.63, 3.8) is 0 Å². The van der Waals surface area contributed by atoms with E-state index in [1.54, 1.807) is 50.2 Å². The van der Waals surface area contributed by atoms with E-state index >= 15 is 0 Å². The molecule has 210 valence electrons. The first-order chi connectivity index (χ1) is 19.5. The molecule has 2 aromatic heterocycles. The molecule has 0 saturated heterocycles. The molecule has 0 fully saturated rings. The highest BCUT2D eigenvalue weighted by molar-refractivity contribution is 6.04. The zero-order chi connectivity index (χ0) is 29.5. The topological polar surface area (TPSA) is 126 Å². The number of benzene rings is 2. The number of amides is 2. The number of oxazole rings is 1. The number of aromatic nitrogens is 2. The van der Waals surface area contributed by atoms with Gasteiger partial charge in [0.25, 0.3) is 11.8 Å². The molecule has 0 spiro atoms. The third kappa shape index (κ3) is 5.15. The molecule has 12 heteroatoms. The second-order valence-electron chi connectivity index (χ2n) is 9.40. The molecule has 0 bridgehead atoms. The SMILES string of the molecule is CCC(C(=O)O)N1C(=O)c2cc(-c3ccc(NC(=O)c4nc(-c5ccccc5)oc4C(F)(F)F)cn3)ccc2C1C. The first-order valence-electron chi connectivity index (χ1n) is 12.6. The molecule has 5 rings (SSSR count). The number of hydrogen-bond acceptors (Lipinski definition) is 6. The highest BCUT2D eigenvalue weighted by atomic mass is 19.4. The van der Waals surface area contributed by atoms with E-state index in [-0.39, 0.29) is 23.6 Å². The van der Waals surface area contributed by atoms with Crippen molar-refractivity contribution in [2.24, 2.45) is 0 Å². The summed E-state index contributed by atoms with van der Waals surface area (Å²) >= 11 is 0. The van der Waals surface area contributed by atoms with Crippen LogP contribution in [0.15, 0.2) is 71.3 Å².